The largest absolute Gasteiger partial charge is 0.324 e. The number of hydrogen-bond donors (Lipinski definition) is 0. The van der Waals surface area contributed by atoms with Crippen LogP contribution in [0.3, 0.4) is 0 Å². The first-order chi connectivity index (χ1) is 11.8. The lowest BCUT2D eigenvalue weighted by Gasteiger charge is -2.40. The van der Waals surface area contributed by atoms with Crippen LogP contribution in [-0.4, -0.2) is 56.1 Å². The van der Waals surface area contributed by atoms with Gasteiger partial charge in [-0.3, -0.25) is 4.79 Å². The molecule has 0 atom stereocenters. The van der Waals surface area contributed by atoms with E-state index in [1.54, 1.807) is 0 Å². The van der Waals surface area contributed by atoms with Crippen LogP contribution in [0.5, 0.6) is 0 Å². The van der Waals surface area contributed by atoms with E-state index in [0.29, 0.717) is 12.1 Å². The van der Waals surface area contributed by atoms with Crippen LogP contribution in [0, 0.1) is 0 Å². The molecule has 2 heterocycles. The van der Waals surface area contributed by atoms with Gasteiger partial charge in [-0.15, -0.1) is 0 Å². The average molecular weight is 379 g/mol. The Morgan fingerprint density at radius 1 is 0.760 bits per heavy atom. The van der Waals surface area contributed by atoms with Crippen molar-refractivity contribution >= 4 is 33.7 Å². The maximum absolute atomic E-state index is 12.7. The van der Waals surface area contributed by atoms with Gasteiger partial charge in [-0.25, -0.2) is 0 Å². The number of ketones is 1. The summed E-state index contributed by atoms with van der Waals surface area (Å²) in [5, 5.41) is 9.99. The first-order valence-corrected chi connectivity index (χ1v) is 16.4. The van der Waals surface area contributed by atoms with Crippen molar-refractivity contribution in [2.45, 2.75) is 83.2 Å². The van der Waals surface area contributed by atoms with Crippen LogP contribution < -0.4 is 0 Å². The molecule has 3 aliphatic rings. The molecular formula is C18H34N4OSi2. The quantitative estimate of drug-likeness (QED) is 0.681. The third-order valence-corrected chi connectivity index (χ3v) is 12.6. The van der Waals surface area contributed by atoms with Crippen LogP contribution in [0.1, 0.15) is 44.9 Å². The summed E-state index contributed by atoms with van der Waals surface area (Å²) in [5.74, 6) is 0.205. The Morgan fingerprint density at radius 3 is 1.88 bits per heavy atom. The van der Waals surface area contributed by atoms with Crippen LogP contribution >= 0.6 is 0 Å². The van der Waals surface area contributed by atoms with E-state index in [1.165, 1.54) is 37.8 Å². The topological polar surface area (TPSA) is 48.3 Å². The lowest BCUT2D eigenvalue weighted by molar-refractivity contribution is -0.113. The molecule has 1 aliphatic carbocycles. The van der Waals surface area contributed by atoms with Crippen molar-refractivity contribution < 1.29 is 4.79 Å². The Morgan fingerprint density at radius 2 is 1.32 bits per heavy atom. The predicted octanol–water partition coefficient (Wildman–Crippen LogP) is 4.05. The zero-order valence-corrected chi connectivity index (χ0v) is 18.5. The molecule has 0 bridgehead atoms. The van der Waals surface area contributed by atoms with E-state index in [-0.39, 0.29) is 5.78 Å². The summed E-state index contributed by atoms with van der Waals surface area (Å²) in [6, 6.07) is 2.58. The molecule has 0 radical (unpaired) electrons. The monoisotopic (exact) mass is 378 g/mol. The molecule has 3 fully saturated rings. The highest BCUT2D eigenvalue weighted by atomic mass is 28.3. The molecule has 0 spiro atoms. The van der Waals surface area contributed by atoms with Gasteiger partial charge in [0.05, 0.1) is 5.71 Å². The number of Topliss-reactive ketones (excluding diaryl/α,β-unsaturated/α-hetero) is 1. The molecule has 0 aromatic carbocycles. The van der Waals surface area contributed by atoms with E-state index in [0.717, 1.165) is 31.6 Å². The maximum atomic E-state index is 12.7. The van der Waals surface area contributed by atoms with E-state index in [1.807, 2.05) is 0 Å². The minimum absolute atomic E-state index is 0.205. The van der Waals surface area contributed by atoms with Gasteiger partial charge >= 0.3 is 0 Å². The highest BCUT2D eigenvalue weighted by molar-refractivity contribution is 6.76. The number of rotatable bonds is 2. The fraction of sp³-hybridized carbons (Fsp3) is 0.833. The number of carbonyl (C=O) groups is 1. The molecular weight excluding hydrogens is 344 g/mol. The predicted molar refractivity (Wildman–Crippen MR) is 110 cm³/mol. The fourth-order valence-electron chi connectivity index (χ4n) is 4.16. The van der Waals surface area contributed by atoms with Gasteiger partial charge in [-0.05, 0) is 37.8 Å². The number of carbonyl (C=O) groups excluding carboxylic acids is 1. The second kappa shape index (κ2) is 7.35. The van der Waals surface area contributed by atoms with Crippen LogP contribution in [0.15, 0.2) is 10.2 Å². The Kier molecular flexibility index (Phi) is 5.53. The summed E-state index contributed by atoms with van der Waals surface area (Å²) < 4.78 is 4.65. The van der Waals surface area contributed by atoms with Gasteiger partial charge in [0.25, 0.3) is 0 Å². The SMILES string of the molecule is C[Si]1(C)CCCCN1N=C1CCCC(=O)C1=NN1CCCC[Si]1(C)C. The lowest BCUT2D eigenvalue weighted by atomic mass is 9.95. The molecule has 140 valence electrons. The van der Waals surface area contributed by atoms with Crippen LogP contribution in [0.2, 0.25) is 38.3 Å². The van der Waals surface area contributed by atoms with Crippen LogP contribution in [0.25, 0.3) is 0 Å². The number of hydrogen-bond acceptors (Lipinski definition) is 5. The minimum atomic E-state index is -1.51. The molecule has 2 saturated heterocycles. The maximum Gasteiger partial charge on any atom is 0.184 e. The summed E-state index contributed by atoms with van der Waals surface area (Å²) >= 11 is 0. The molecule has 1 saturated carbocycles. The summed E-state index contributed by atoms with van der Waals surface area (Å²) in [6.07, 6.45) is 7.51. The van der Waals surface area contributed by atoms with E-state index in [4.69, 9.17) is 10.2 Å². The molecule has 2 aliphatic heterocycles. The van der Waals surface area contributed by atoms with Crippen molar-refractivity contribution in [2.24, 2.45) is 10.2 Å². The van der Waals surface area contributed by atoms with Crippen molar-refractivity contribution in [1.82, 2.24) is 9.35 Å². The van der Waals surface area contributed by atoms with Gasteiger partial charge in [-0.1, -0.05) is 39.0 Å². The molecule has 0 unspecified atom stereocenters. The van der Waals surface area contributed by atoms with Gasteiger partial charge in [0.15, 0.2) is 22.3 Å². The Balaban J connectivity index is 1.90. The molecule has 0 amide bonds. The minimum Gasteiger partial charge on any atom is -0.324 e. The molecule has 0 N–H and O–H groups in total. The second-order valence-electron chi connectivity index (χ2n) is 9.06. The first-order valence-electron chi connectivity index (χ1n) is 10.0. The molecule has 0 aromatic rings. The van der Waals surface area contributed by atoms with Gasteiger partial charge < -0.3 is 9.35 Å². The highest BCUT2D eigenvalue weighted by Crippen LogP contribution is 2.28. The average Bonchev–Trinajstić information content (AvgIpc) is 2.54. The Hall–Kier alpha value is -0.956. The van der Waals surface area contributed by atoms with E-state index in [2.05, 4.69) is 35.5 Å². The normalized spacial score (nSPS) is 30.2. The van der Waals surface area contributed by atoms with Crippen molar-refractivity contribution in [2.75, 3.05) is 13.1 Å². The molecule has 0 aromatic heterocycles. The number of nitrogens with zero attached hydrogens (tertiary/aromatic N) is 4. The van der Waals surface area contributed by atoms with Gasteiger partial charge in [0.1, 0.15) is 5.71 Å². The third-order valence-electron chi connectivity index (χ3n) is 6.03. The van der Waals surface area contributed by atoms with E-state index in [9.17, 15) is 4.79 Å². The Labute approximate surface area is 154 Å². The molecule has 7 heteroatoms. The van der Waals surface area contributed by atoms with Crippen molar-refractivity contribution in [3.63, 3.8) is 0 Å². The molecule has 5 nitrogen and oxygen atoms in total. The van der Waals surface area contributed by atoms with Gasteiger partial charge in [0, 0.05) is 19.5 Å². The lowest BCUT2D eigenvalue weighted by Crippen LogP contribution is -2.51. The van der Waals surface area contributed by atoms with Gasteiger partial charge in [-0.2, -0.15) is 10.2 Å². The van der Waals surface area contributed by atoms with Gasteiger partial charge in [0.2, 0.25) is 0 Å². The fourth-order valence-corrected chi connectivity index (χ4v) is 9.20. The zero-order valence-electron chi connectivity index (χ0n) is 16.5. The van der Waals surface area contributed by atoms with Crippen molar-refractivity contribution in [3.8, 4) is 0 Å². The Bertz CT molecular complexity index is 586. The third kappa shape index (κ3) is 4.24. The molecule has 25 heavy (non-hydrogen) atoms. The summed E-state index contributed by atoms with van der Waals surface area (Å²) in [4.78, 5) is 12.7. The second-order valence-corrected chi connectivity index (χ2v) is 18.3. The van der Waals surface area contributed by atoms with E-state index >= 15 is 0 Å². The molecule has 3 rings (SSSR count). The van der Waals surface area contributed by atoms with Crippen LogP contribution in [-0.2, 0) is 4.79 Å². The smallest absolute Gasteiger partial charge is 0.184 e. The summed E-state index contributed by atoms with van der Waals surface area (Å²) in [7, 11) is -2.97. The first kappa shape index (κ1) is 18.8. The standard InChI is InChI=1S/C18H34N4OSi2/c1-24(2)14-7-5-12-21(24)19-16-10-9-11-17(23)18(16)20-22-13-6-8-15-25(22,3)4/h5-15H2,1-4H3. The van der Waals surface area contributed by atoms with Crippen molar-refractivity contribution in [3.05, 3.63) is 0 Å². The highest BCUT2D eigenvalue weighted by Gasteiger charge is 2.36. The summed E-state index contributed by atoms with van der Waals surface area (Å²) in [6.45, 7) is 11.6. The van der Waals surface area contributed by atoms with E-state index < -0.39 is 16.5 Å². The van der Waals surface area contributed by atoms with Crippen molar-refractivity contribution in [1.29, 1.82) is 0 Å². The summed E-state index contributed by atoms with van der Waals surface area (Å²) in [5.41, 5.74) is 1.65. The zero-order chi connectivity index (χ0) is 18.1. The van der Waals surface area contributed by atoms with Crippen LogP contribution in [0.4, 0.5) is 0 Å². The number of hydrazone groups is 2.